The van der Waals surface area contributed by atoms with Gasteiger partial charge in [0.05, 0.1) is 6.61 Å². The number of unbranched alkanes of at least 4 members (excludes halogenated alkanes) is 5. The Labute approximate surface area is 109 Å². The Hall–Kier alpha value is -1.58. The van der Waals surface area contributed by atoms with E-state index < -0.39 is 0 Å². The summed E-state index contributed by atoms with van der Waals surface area (Å²) in [7, 11) is 0. The van der Waals surface area contributed by atoms with Crippen LogP contribution in [0.15, 0.2) is 23.3 Å². The summed E-state index contributed by atoms with van der Waals surface area (Å²) in [5, 5.41) is 3.42. The highest BCUT2D eigenvalue weighted by atomic mass is 16.5. The molecule has 0 aliphatic carbocycles. The van der Waals surface area contributed by atoms with E-state index in [4.69, 9.17) is 16.0 Å². The Balaban J connectivity index is 2.26. The van der Waals surface area contributed by atoms with Gasteiger partial charge >= 0.3 is 0 Å². The molecular formula is C14H23N3O. The molecule has 0 radical (unpaired) electrons. The van der Waals surface area contributed by atoms with Crippen molar-refractivity contribution in [2.24, 2.45) is 5.11 Å². The van der Waals surface area contributed by atoms with Crippen LogP contribution in [0.25, 0.3) is 0 Å². The normalized spacial score (nSPS) is 10.3. The standard InChI is InChI=1S/C14H23N3O/c1-2-3-4-5-6-7-10-18-14-11-12(15)8-9-13(14)17-16/h8-9,11,16H,2-7,10,15H2,1H3. The van der Waals surface area contributed by atoms with Gasteiger partial charge in [-0.2, -0.15) is 5.11 Å². The summed E-state index contributed by atoms with van der Waals surface area (Å²) in [5.74, 6) is 0.610. The lowest BCUT2D eigenvalue weighted by molar-refractivity contribution is 0.305. The fourth-order valence-electron chi connectivity index (χ4n) is 1.80. The van der Waals surface area contributed by atoms with E-state index in [1.165, 1.54) is 32.1 Å². The van der Waals surface area contributed by atoms with Crippen molar-refractivity contribution < 1.29 is 4.74 Å². The summed E-state index contributed by atoms with van der Waals surface area (Å²) in [6.45, 7) is 2.88. The van der Waals surface area contributed by atoms with Gasteiger partial charge in [-0.05, 0) is 18.6 Å². The van der Waals surface area contributed by atoms with Gasteiger partial charge in [-0.1, -0.05) is 39.0 Å². The number of nitrogens with one attached hydrogen (secondary N) is 1. The average molecular weight is 249 g/mol. The van der Waals surface area contributed by atoms with Gasteiger partial charge in [0.15, 0.2) is 0 Å². The highest BCUT2D eigenvalue weighted by molar-refractivity contribution is 5.58. The maximum absolute atomic E-state index is 7.05. The van der Waals surface area contributed by atoms with E-state index in [1.54, 1.807) is 18.2 Å². The Morgan fingerprint density at radius 3 is 2.61 bits per heavy atom. The summed E-state index contributed by atoms with van der Waals surface area (Å²) in [6, 6.07) is 5.16. The molecule has 0 unspecified atom stereocenters. The third kappa shape index (κ3) is 5.17. The highest BCUT2D eigenvalue weighted by Gasteiger charge is 2.03. The summed E-state index contributed by atoms with van der Waals surface area (Å²) in [5.41, 5.74) is 13.9. The first-order valence-electron chi connectivity index (χ1n) is 6.67. The smallest absolute Gasteiger partial charge is 0.148 e. The fraction of sp³-hybridized carbons (Fsp3) is 0.571. The van der Waals surface area contributed by atoms with Crippen molar-refractivity contribution in [1.29, 1.82) is 5.53 Å². The van der Waals surface area contributed by atoms with Crippen LogP contribution in [-0.2, 0) is 0 Å². The predicted octanol–water partition coefficient (Wildman–Crippen LogP) is 4.67. The van der Waals surface area contributed by atoms with Crippen molar-refractivity contribution in [3.63, 3.8) is 0 Å². The molecule has 100 valence electrons. The van der Waals surface area contributed by atoms with E-state index in [0.717, 1.165) is 6.42 Å². The molecule has 1 aromatic rings. The van der Waals surface area contributed by atoms with Crippen molar-refractivity contribution in [3.8, 4) is 5.75 Å². The molecule has 0 spiro atoms. The van der Waals surface area contributed by atoms with E-state index in [0.29, 0.717) is 23.7 Å². The van der Waals surface area contributed by atoms with Crippen molar-refractivity contribution in [2.75, 3.05) is 12.3 Å². The molecule has 4 nitrogen and oxygen atoms in total. The van der Waals surface area contributed by atoms with Gasteiger partial charge in [0.1, 0.15) is 11.4 Å². The Kier molecular flexibility index (Phi) is 6.84. The van der Waals surface area contributed by atoms with Crippen LogP contribution >= 0.6 is 0 Å². The van der Waals surface area contributed by atoms with Crippen LogP contribution in [0.1, 0.15) is 45.4 Å². The third-order valence-corrected chi connectivity index (χ3v) is 2.86. The van der Waals surface area contributed by atoms with Gasteiger partial charge in [-0.15, -0.1) is 0 Å². The largest absolute Gasteiger partial charge is 0.491 e. The van der Waals surface area contributed by atoms with Gasteiger partial charge in [-0.3, -0.25) is 0 Å². The zero-order valence-corrected chi connectivity index (χ0v) is 11.1. The average Bonchev–Trinajstić information content (AvgIpc) is 2.38. The van der Waals surface area contributed by atoms with Crippen LogP contribution in [-0.4, -0.2) is 6.61 Å². The molecule has 0 heterocycles. The quantitative estimate of drug-likeness (QED) is 0.379. The molecule has 0 saturated heterocycles. The molecular weight excluding hydrogens is 226 g/mol. The molecule has 0 aliphatic heterocycles. The van der Waals surface area contributed by atoms with Crippen LogP contribution < -0.4 is 10.5 Å². The second-order valence-electron chi connectivity index (χ2n) is 4.46. The minimum absolute atomic E-state index is 0.537. The lowest BCUT2D eigenvalue weighted by Crippen LogP contribution is -1.98. The molecule has 1 rings (SSSR count). The van der Waals surface area contributed by atoms with E-state index in [2.05, 4.69) is 12.0 Å². The topological polar surface area (TPSA) is 71.5 Å². The second kappa shape index (κ2) is 8.50. The molecule has 0 aromatic heterocycles. The third-order valence-electron chi connectivity index (χ3n) is 2.86. The first kappa shape index (κ1) is 14.5. The molecule has 0 aliphatic rings. The zero-order valence-electron chi connectivity index (χ0n) is 11.1. The lowest BCUT2D eigenvalue weighted by Gasteiger charge is -2.08. The number of nitrogens with two attached hydrogens (primary N) is 1. The van der Waals surface area contributed by atoms with Crippen LogP contribution in [0.4, 0.5) is 11.4 Å². The van der Waals surface area contributed by atoms with Gasteiger partial charge in [0.2, 0.25) is 0 Å². The molecule has 3 N–H and O–H groups in total. The maximum atomic E-state index is 7.05. The Bertz CT molecular complexity index is 366. The summed E-state index contributed by atoms with van der Waals surface area (Å²) in [4.78, 5) is 0. The molecule has 1 aromatic carbocycles. The maximum Gasteiger partial charge on any atom is 0.148 e. The van der Waals surface area contributed by atoms with E-state index in [1.807, 2.05) is 0 Å². The summed E-state index contributed by atoms with van der Waals surface area (Å²) < 4.78 is 5.62. The first-order chi connectivity index (χ1) is 8.77. The number of hydrogen-bond donors (Lipinski definition) is 2. The molecule has 0 amide bonds. The number of benzene rings is 1. The minimum atomic E-state index is 0.537. The Morgan fingerprint density at radius 1 is 1.17 bits per heavy atom. The molecule has 0 bridgehead atoms. The van der Waals surface area contributed by atoms with Gasteiger partial charge in [0.25, 0.3) is 0 Å². The monoisotopic (exact) mass is 249 g/mol. The molecule has 0 fully saturated rings. The van der Waals surface area contributed by atoms with Crippen LogP contribution in [0.2, 0.25) is 0 Å². The van der Waals surface area contributed by atoms with Crippen LogP contribution in [0.3, 0.4) is 0 Å². The summed E-state index contributed by atoms with van der Waals surface area (Å²) in [6.07, 6.45) is 7.39. The lowest BCUT2D eigenvalue weighted by atomic mass is 10.1. The predicted molar refractivity (Wildman–Crippen MR) is 74.5 cm³/mol. The SMILES string of the molecule is CCCCCCCCOc1cc(N)ccc1N=N. The van der Waals surface area contributed by atoms with Crippen molar-refractivity contribution in [3.05, 3.63) is 18.2 Å². The minimum Gasteiger partial charge on any atom is -0.491 e. The number of anilines is 1. The molecule has 4 heteroatoms. The first-order valence-corrected chi connectivity index (χ1v) is 6.67. The van der Waals surface area contributed by atoms with Gasteiger partial charge in [-0.25, -0.2) is 5.53 Å². The molecule has 0 atom stereocenters. The summed E-state index contributed by atoms with van der Waals surface area (Å²) >= 11 is 0. The molecule has 18 heavy (non-hydrogen) atoms. The molecule has 0 saturated carbocycles. The van der Waals surface area contributed by atoms with E-state index in [-0.39, 0.29) is 0 Å². The number of nitrogen functional groups attached to an aromatic ring is 1. The van der Waals surface area contributed by atoms with Crippen LogP contribution in [0, 0.1) is 5.53 Å². The number of ether oxygens (including phenoxy) is 1. The van der Waals surface area contributed by atoms with E-state index >= 15 is 0 Å². The number of nitrogens with zero attached hydrogens (tertiary/aromatic N) is 1. The highest BCUT2D eigenvalue weighted by Crippen LogP contribution is 2.29. The van der Waals surface area contributed by atoms with Crippen molar-refractivity contribution >= 4 is 11.4 Å². The van der Waals surface area contributed by atoms with E-state index in [9.17, 15) is 0 Å². The van der Waals surface area contributed by atoms with Crippen molar-refractivity contribution in [2.45, 2.75) is 45.4 Å². The Morgan fingerprint density at radius 2 is 1.89 bits per heavy atom. The second-order valence-corrected chi connectivity index (χ2v) is 4.46. The number of hydrogen-bond acceptors (Lipinski definition) is 4. The zero-order chi connectivity index (χ0) is 13.2. The van der Waals surface area contributed by atoms with Gasteiger partial charge < -0.3 is 10.5 Å². The van der Waals surface area contributed by atoms with Crippen molar-refractivity contribution in [1.82, 2.24) is 0 Å². The van der Waals surface area contributed by atoms with Gasteiger partial charge in [0, 0.05) is 11.8 Å². The fourth-order valence-corrected chi connectivity index (χ4v) is 1.80. The number of rotatable bonds is 9. The van der Waals surface area contributed by atoms with Crippen LogP contribution in [0.5, 0.6) is 5.75 Å².